The lowest BCUT2D eigenvalue weighted by atomic mass is 10.0. The summed E-state index contributed by atoms with van der Waals surface area (Å²) in [7, 11) is 0. The predicted octanol–water partition coefficient (Wildman–Crippen LogP) is 2.56. The molecule has 0 bridgehead atoms. The fourth-order valence-electron chi connectivity index (χ4n) is 1.05. The first-order valence-electron chi connectivity index (χ1n) is 4.81. The highest BCUT2D eigenvalue weighted by molar-refractivity contribution is 6.18. The molecule has 0 aliphatic rings. The van der Waals surface area contributed by atoms with Gasteiger partial charge in [0.2, 0.25) is 5.91 Å². The Labute approximate surface area is 86.0 Å². The molecule has 78 valence electrons. The van der Waals surface area contributed by atoms with Crippen molar-refractivity contribution >= 4 is 17.5 Å². The first kappa shape index (κ1) is 12.8. The zero-order valence-corrected chi connectivity index (χ0v) is 9.74. The van der Waals surface area contributed by atoms with Crippen molar-refractivity contribution in [2.75, 3.05) is 5.88 Å². The standard InChI is InChI=1S/C10H20ClNO/c1-5-6-8(2)9(13)12-10(3,4)7-11/h8H,5-7H2,1-4H3,(H,12,13). The van der Waals surface area contributed by atoms with Crippen LogP contribution in [0.15, 0.2) is 0 Å². The van der Waals surface area contributed by atoms with Gasteiger partial charge in [-0.3, -0.25) is 4.79 Å². The Morgan fingerprint density at radius 3 is 2.46 bits per heavy atom. The van der Waals surface area contributed by atoms with E-state index in [1.807, 2.05) is 20.8 Å². The number of hydrogen-bond acceptors (Lipinski definition) is 1. The van der Waals surface area contributed by atoms with Crippen LogP contribution in [0.2, 0.25) is 0 Å². The molecule has 0 spiro atoms. The van der Waals surface area contributed by atoms with Crippen molar-refractivity contribution in [3.63, 3.8) is 0 Å². The summed E-state index contributed by atoms with van der Waals surface area (Å²) in [6, 6.07) is 0. The molecular weight excluding hydrogens is 186 g/mol. The zero-order valence-electron chi connectivity index (χ0n) is 8.98. The Balaban J connectivity index is 3.99. The fraction of sp³-hybridized carbons (Fsp3) is 0.900. The third kappa shape index (κ3) is 5.14. The molecule has 0 aromatic carbocycles. The van der Waals surface area contributed by atoms with Crippen molar-refractivity contribution in [1.29, 1.82) is 0 Å². The molecule has 0 heterocycles. The smallest absolute Gasteiger partial charge is 0.223 e. The molecule has 0 fully saturated rings. The second-order valence-electron chi connectivity index (χ2n) is 4.20. The molecule has 0 saturated heterocycles. The lowest BCUT2D eigenvalue weighted by molar-refractivity contribution is -0.126. The van der Waals surface area contributed by atoms with Crippen LogP contribution in [0.1, 0.15) is 40.5 Å². The van der Waals surface area contributed by atoms with E-state index in [2.05, 4.69) is 12.2 Å². The van der Waals surface area contributed by atoms with Gasteiger partial charge in [-0.25, -0.2) is 0 Å². The van der Waals surface area contributed by atoms with Crippen LogP contribution in [-0.4, -0.2) is 17.3 Å². The minimum Gasteiger partial charge on any atom is -0.350 e. The van der Waals surface area contributed by atoms with Gasteiger partial charge in [0.15, 0.2) is 0 Å². The summed E-state index contributed by atoms with van der Waals surface area (Å²) in [5, 5.41) is 2.92. The minimum absolute atomic E-state index is 0.0903. The van der Waals surface area contributed by atoms with Crippen LogP contribution in [0.5, 0.6) is 0 Å². The van der Waals surface area contributed by atoms with E-state index in [-0.39, 0.29) is 17.4 Å². The SMILES string of the molecule is CCCC(C)C(=O)NC(C)(C)CCl. The second kappa shape index (κ2) is 5.48. The number of carbonyl (C=O) groups excluding carboxylic acids is 1. The number of nitrogens with one attached hydrogen (secondary N) is 1. The molecule has 1 atom stereocenters. The van der Waals surface area contributed by atoms with Gasteiger partial charge < -0.3 is 5.32 Å². The minimum atomic E-state index is -0.291. The fourth-order valence-corrected chi connectivity index (χ4v) is 1.12. The van der Waals surface area contributed by atoms with E-state index in [1.54, 1.807) is 0 Å². The molecule has 0 rings (SSSR count). The number of hydrogen-bond donors (Lipinski definition) is 1. The molecule has 1 unspecified atom stereocenters. The summed E-state index contributed by atoms with van der Waals surface area (Å²) in [6.45, 7) is 7.88. The molecule has 0 radical (unpaired) electrons. The molecule has 0 aromatic rings. The Morgan fingerprint density at radius 1 is 1.54 bits per heavy atom. The zero-order chi connectivity index (χ0) is 10.5. The quantitative estimate of drug-likeness (QED) is 0.687. The third-order valence-corrected chi connectivity index (χ3v) is 2.63. The lowest BCUT2D eigenvalue weighted by Crippen LogP contribution is -2.47. The van der Waals surface area contributed by atoms with Gasteiger partial charge >= 0.3 is 0 Å². The second-order valence-corrected chi connectivity index (χ2v) is 4.46. The van der Waals surface area contributed by atoms with Crippen molar-refractivity contribution in [2.45, 2.75) is 46.1 Å². The Bertz CT molecular complexity index is 168. The molecule has 0 aromatic heterocycles. The van der Waals surface area contributed by atoms with Gasteiger partial charge in [-0.2, -0.15) is 0 Å². The Morgan fingerprint density at radius 2 is 2.08 bits per heavy atom. The van der Waals surface area contributed by atoms with E-state index in [0.717, 1.165) is 12.8 Å². The molecule has 1 N–H and O–H groups in total. The largest absolute Gasteiger partial charge is 0.350 e. The average Bonchev–Trinajstić information content (AvgIpc) is 2.04. The average molecular weight is 206 g/mol. The summed E-state index contributed by atoms with van der Waals surface area (Å²) in [6.07, 6.45) is 1.97. The summed E-state index contributed by atoms with van der Waals surface area (Å²) in [4.78, 5) is 11.5. The molecule has 13 heavy (non-hydrogen) atoms. The van der Waals surface area contributed by atoms with Crippen LogP contribution < -0.4 is 5.32 Å². The number of rotatable bonds is 5. The van der Waals surface area contributed by atoms with E-state index in [0.29, 0.717) is 5.88 Å². The van der Waals surface area contributed by atoms with Gasteiger partial charge in [-0.1, -0.05) is 20.3 Å². The van der Waals surface area contributed by atoms with Crippen molar-refractivity contribution in [3.05, 3.63) is 0 Å². The van der Waals surface area contributed by atoms with Crippen LogP contribution in [0.4, 0.5) is 0 Å². The highest BCUT2D eigenvalue weighted by Gasteiger charge is 2.21. The Kier molecular flexibility index (Phi) is 5.38. The van der Waals surface area contributed by atoms with Crippen LogP contribution in [0, 0.1) is 5.92 Å². The molecule has 0 saturated carbocycles. The first-order chi connectivity index (χ1) is 5.93. The molecule has 0 aliphatic carbocycles. The van der Waals surface area contributed by atoms with Crippen LogP contribution in [-0.2, 0) is 4.79 Å². The monoisotopic (exact) mass is 205 g/mol. The van der Waals surface area contributed by atoms with Crippen LogP contribution in [0.3, 0.4) is 0 Å². The lowest BCUT2D eigenvalue weighted by Gasteiger charge is -2.25. The van der Waals surface area contributed by atoms with E-state index in [1.165, 1.54) is 0 Å². The van der Waals surface area contributed by atoms with Crippen molar-refractivity contribution in [3.8, 4) is 0 Å². The van der Waals surface area contributed by atoms with Crippen molar-refractivity contribution < 1.29 is 4.79 Å². The highest BCUT2D eigenvalue weighted by Crippen LogP contribution is 2.09. The Hall–Kier alpha value is -0.240. The van der Waals surface area contributed by atoms with Crippen molar-refractivity contribution in [2.24, 2.45) is 5.92 Å². The molecular formula is C10H20ClNO. The number of amides is 1. The van der Waals surface area contributed by atoms with Gasteiger partial charge in [0.05, 0.1) is 0 Å². The van der Waals surface area contributed by atoms with Gasteiger partial charge in [0.25, 0.3) is 0 Å². The summed E-state index contributed by atoms with van der Waals surface area (Å²) >= 11 is 5.70. The third-order valence-electron chi connectivity index (χ3n) is 1.96. The maximum atomic E-state index is 11.5. The van der Waals surface area contributed by atoms with E-state index in [4.69, 9.17) is 11.6 Å². The normalized spacial score (nSPS) is 13.9. The van der Waals surface area contributed by atoms with Crippen molar-refractivity contribution in [1.82, 2.24) is 5.32 Å². The first-order valence-corrected chi connectivity index (χ1v) is 5.34. The van der Waals surface area contributed by atoms with Crippen LogP contribution in [0.25, 0.3) is 0 Å². The van der Waals surface area contributed by atoms with Gasteiger partial charge in [0.1, 0.15) is 0 Å². The molecule has 1 amide bonds. The number of halogens is 1. The van der Waals surface area contributed by atoms with E-state index >= 15 is 0 Å². The summed E-state index contributed by atoms with van der Waals surface area (Å²) in [5.74, 6) is 0.636. The predicted molar refractivity (Wildman–Crippen MR) is 57.0 cm³/mol. The topological polar surface area (TPSA) is 29.1 Å². The van der Waals surface area contributed by atoms with Gasteiger partial charge in [0, 0.05) is 17.3 Å². The van der Waals surface area contributed by atoms with Gasteiger partial charge in [-0.15, -0.1) is 11.6 Å². The molecule has 3 heteroatoms. The molecule has 2 nitrogen and oxygen atoms in total. The number of carbonyl (C=O) groups is 1. The summed E-state index contributed by atoms with van der Waals surface area (Å²) < 4.78 is 0. The molecule has 0 aliphatic heterocycles. The summed E-state index contributed by atoms with van der Waals surface area (Å²) in [5.41, 5.74) is -0.291. The van der Waals surface area contributed by atoms with E-state index in [9.17, 15) is 4.79 Å². The maximum Gasteiger partial charge on any atom is 0.223 e. The van der Waals surface area contributed by atoms with Gasteiger partial charge in [-0.05, 0) is 20.3 Å². The van der Waals surface area contributed by atoms with E-state index < -0.39 is 0 Å². The number of alkyl halides is 1. The highest BCUT2D eigenvalue weighted by atomic mass is 35.5. The van der Waals surface area contributed by atoms with Crippen LogP contribution >= 0.6 is 11.6 Å². The maximum absolute atomic E-state index is 11.5.